The van der Waals surface area contributed by atoms with Gasteiger partial charge in [0.15, 0.2) is 5.82 Å². The summed E-state index contributed by atoms with van der Waals surface area (Å²) in [6, 6.07) is 8.07. The smallest absolute Gasteiger partial charge is 0.295 e. The molecule has 0 radical (unpaired) electrons. The highest BCUT2D eigenvalue weighted by atomic mass is 19.1. The van der Waals surface area contributed by atoms with E-state index in [0.717, 1.165) is 32.0 Å². The molecule has 4 rings (SSSR count). The van der Waals surface area contributed by atoms with Crippen molar-refractivity contribution >= 4 is 23.0 Å². The molecule has 0 aromatic heterocycles. The number of piperazine rings is 1. The van der Waals surface area contributed by atoms with Crippen LogP contribution >= 0.6 is 0 Å². The van der Waals surface area contributed by atoms with E-state index in [1.807, 2.05) is 9.80 Å². The lowest BCUT2D eigenvalue weighted by atomic mass is 10.1. The predicted molar refractivity (Wildman–Crippen MR) is 109 cm³/mol. The maximum Gasteiger partial charge on any atom is 0.295 e. The summed E-state index contributed by atoms with van der Waals surface area (Å²) < 4.78 is 28.0. The van der Waals surface area contributed by atoms with Gasteiger partial charge in [-0.05, 0) is 37.1 Å². The first-order chi connectivity index (χ1) is 14.4. The second kappa shape index (κ2) is 8.25. The van der Waals surface area contributed by atoms with Crippen molar-refractivity contribution in [2.24, 2.45) is 0 Å². The zero-order valence-corrected chi connectivity index (χ0v) is 16.4. The van der Waals surface area contributed by atoms with Crippen LogP contribution in [0.1, 0.15) is 23.2 Å². The minimum absolute atomic E-state index is 0.271. The van der Waals surface area contributed by atoms with E-state index in [9.17, 15) is 23.7 Å². The lowest BCUT2D eigenvalue weighted by Gasteiger charge is -2.36. The summed E-state index contributed by atoms with van der Waals surface area (Å²) in [5, 5.41) is 11.5. The third kappa shape index (κ3) is 3.92. The number of halogens is 2. The molecule has 0 N–H and O–H groups in total. The van der Waals surface area contributed by atoms with Gasteiger partial charge in [-0.1, -0.05) is 6.07 Å². The number of nitro benzene ring substituents is 1. The van der Waals surface area contributed by atoms with Crippen LogP contribution in [0.5, 0.6) is 0 Å². The summed E-state index contributed by atoms with van der Waals surface area (Å²) in [4.78, 5) is 28.9. The monoisotopic (exact) mass is 416 g/mol. The number of nitro groups is 1. The third-order valence-corrected chi connectivity index (χ3v) is 5.67. The van der Waals surface area contributed by atoms with Crippen LogP contribution in [0.3, 0.4) is 0 Å². The fourth-order valence-corrected chi connectivity index (χ4v) is 4.09. The van der Waals surface area contributed by atoms with Gasteiger partial charge in [0.1, 0.15) is 11.5 Å². The molecule has 2 aliphatic heterocycles. The molecule has 30 heavy (non-hydrogen) atoms. The molecule has 0 atom stereocenters. The molecule has 0 spiro atoms. The topological polar surface area (TPSA) is 69.9 Å². The summed E-state index contributed by atoms with van der Waals surface area (Å²) in [5.41, 5.74) is 0.736. The second-order valence-corrected chi connectivity index (χ2v) is 7.53. The van der Waals surface area contributed by atoms with Crippen molar-refractivity contribution in [3.05, 3.63) is 63.7 Å². The van der Waals surface area contributed by atoms with Crippen LogP contribution in [0, 0.1) is 21.7 Å². The Kier molecular flexibility index (Phi) is 5.52. The summed E-state index contributed by atoms with van der Waals surface area (Å²) in [7, 11) is 0. The van der Waals surface area contributed by atoms with E-state index in [-0.39, 0.29) is 17.2 Å². The Hall–Kier alpha value is -3.23. The second-order valence-electron chi connectivity index (χ2n) is 7.53. The van der Waals surface area contributed by atoms with Crippen molar-refractivity contribution in [2.75, 3.05) is 49.1 Å². The summed E-state index contributed by atoms with van der Waals surface area (Å²) >= 11 is 0. The largest absolute Gasteiger partial charge is 0.369 e. The molecule has 2 heterocycles. The highest BCUT2D eigenvalue weighted by Gasteiger charge is 2.29. The van der Waals surface area contributed by atoms with E-state index in [4.69, 9.17) is 0 Å². The molecule has 0 unspecified atom stereocenters. The highest BCUT2D eigenvalue weighted by Crippen LogP contribution is 2.36. The maximum absolute atomic E-state index is 14.5. The molecule has 158 valence electrons. The molecular formula is C21H22F2N4O3. The number of carbonyl (C=O) groups excluding carboxylic acids is 1. The first kappa shape index (κ1) is 20.1. The Morgan fingerprint density at radius 3 is 2.20 bits per heavy atom. The SMILES string of the molecule is O=C(c1cccc(F)c1)N1CCN(c2cc(N3CCCC3)c(F)cc2[N+](=O)[O-])CC1. The van der Waals surface area contributed by atoms with Crippen LogP contribution < -0.4 is 9.80 Å². The number of carbonyl (C=O) groups is 1. The molecule has 2 aliphatic rings. The molecule has 7 nitrogen and oxygen atoms in total. The van der Waals surface area contributed by atoms with Crippen LogP contribution in [0.2, 0.25) is 0 Å². The van der Waals surface area contributed by atoms with E-state index < -0.39 is 16.6 Å². The molecule has 2 saturated heterocycles. The Morgan fingerprint density at radius 2 is 1.57 bits per heavy atom. The van der Waals surface area contributed by atoms with E-state index in [2.05, 4.69) is 0 Å². The zero-order valence-electron chi connectivity index (χ0n) is 16.4. The molecular weight excluding hydrogens is 394 g/mol. The molecule has 0 bridgehead atoms. The number of nitrogens with zero attached hydrogens (tertiary/aromatic N) is 4. The molecule has 1 amide bonds. The van der Waals surface area contributed by atoms with Crippen LogP contribution in [0.4, 0.5) is 25.8 Å². The predicted octanol–water partition coefficient (Wildman–Crippen LogP) is 3.44. The fraction of sp³-hybridized carbons (Fsp3) is 0.381. The highest BCUT2D eigenvalue weighted by molar-refractivity contribution is 5.94. The summed E-state index contributed by atoms with van der Waals surface area (Å²) in [6.45, 7) is 2.86. The van der Waals surface area contributed by atoms with Gasteiger partial charge in [0, 0.05) is 44.8 Å². The van der Waals surface area contributed by atoms with Crippen LogP contribution in [-0.4, -0.2) is 55.0 Å². The lowest BCUT2D eigenvalue weighted by Crippen LogP contribution is -2.49. The Labute approximate surface area is 172 Å². The van der Waals surface area contributed by atoms with Crippen LogP contribution in [0.25, 0.3) is 0 Å². The molecule has 2 aromatic carbocycles. The molecule has 0 saturated carbocycles. The molecule has 2 aromatic rings. The number of anilines is 2. The number of rotatable bonds is 4. The van der Waals surface area contributed by atoms with Gasteiger partial charge in [0.2, 0.25) is 0 Å². The van der Waals surface area contributed by atoms with Gasteiger partial charge in [0.25, 0.3) is 11.6 Å². The molecule has 9 heteroatoms. The molecule has 0 aliphatic carbocycles. The third-order valence-electron chi connectivity index (χ3n) is 5.67. The first-order valence-electron chi connectivity index (χ1n) is 9.97. The van der Waals surface area contributed by atoms with E-state index in [0.29, 0.717) is 37.6 Å². The van der Waals surface area contributed by atoms with Gasteiger partial charge < -0.3 is 14.7 Å². The van der Waals surface area contributed by atoms with Gasteiger partial charge >= 0.3 is 0 Å². The minimum Gasteiger partial charge on any atom is -0.369 e. The van der Waals surface area contributed by atoms with E-state index in [1.54, 1.807) is 17.0 Å². The van der Waals surface area contributed by atoms with Crippen molar-refractivity contribution in [1.82, 2.24) is 4.90 Å². The summed E-state index contributed by atoms with van der Waals surface area (Å²) in [6.07, 6.45) is 1.93. The van der Waals surface area contributed by atoms with Crippen molar-refractivity contribution in [2.45, 2.75) is 12.8 Å². The van der Waals surface area contributed by atoms with Crippen molar-refractivity contribution in [3.8, 4) is 0 Å². The molecule has 2 fully saturated rings. The average Bonchev–Trinajstić information content (AvgIpc) is 3.28. The Morgan fingerprint density at radius 1 is 0.900 bits per heavy atom. The number of hydrogen-bond donors (Lipinski definition) is 0. The number of benzene rings is 2. The van der Waals surface area contributed by atoms with E-state index in [1.165, 1.54) is 18.2 Å². The van der Waals surface area contributed by atoms with Gasteiger partial charge in [-0.2, -0.15) is 0 Å². The Bertz CT molecular complexity index is 971. The van der Waals surface area contributed by atoms with Crippen LogP contribution in [-0.2, 0) is 0 Å². The maximum atomic E-state index is 14.5. The van der Waals surface area contributed by atoms with Gasteiger partial charge in [-0.25, -0.2) is 8.78 Å². The lowest BCUT2D eigenvalue weighted by molar-refractivity contribution is -0.384. The zero-order chi connectivity index (χ0) is 21.3. The van der Waals surface area contributed by atoms with E-state index >= 15 is 0 Å². The van der Waals surface area contributed by atoms with Crippen molar-refractivity contribution in [3.63, 3.8) is 0 Å². The quantitative estimate of drug-likeness (QED) is 0.564. The average molecular weight is 416 g/mol. The Balaban J connectivity index is 1.54. The van der Waals surface area contributed by atoms with Crippen LogP contribution in [0.15, 0.2) is 36.4 Å². The van der Waals surface area contributed by atoms with Crippen molar-refractivity contribution < 1.29 is 18.5 Å². The van der Waals surface area contributed by atoms with Gasteiger partial charge in [0.05, 0.1) is 16.7 Å². The van der Waals surface area contributed by atoms with Crippen molar-refractivity contribution in [1.29, 1.82) is 0 Å². The van der Waals surface area contributed by atoms with Gasteiger partial charge in [-0.15, -0.1) is 0 Å². The number of amides is 1. The standard InChI is InChI=1S/C21H22F2N4O3/c22-16-5-3-4-15(12-16)21(28)26-10-8-25(9-11-26)19-14-18(24-6-1-2-7-24)17(23)13-20(19)27(29)30/h3-5,12-14H,1-2,6-11H2. The minimum atomic E-state index is -0.590. The fourth-order valence-electron chi connectivity index (χ4n) is 4.09. The normalized spacial score (nSPS) is 16.8. The van der Waals surface area contributed by atoms with Gasteiger partial charge in [-0.3, -0.25) is 14.9 Å². The summed E-state index contributed by atoms with van der Waals surface area (Å²) in [5.74, 6) is -1.34. The number of hydrogen-bond acceptors (Lipinski definition) is 5. The first-order valence-corrected chi connectivity index (χ1v) is 9.97.